The normalized spacial score (nSPS) is 13.5. The number of benzene rings is 1. The van der Waals surface area contributed by atoms with Crippen molar-refractivity contribution in [2.24, 2.45) is 0 Å². The molecule has 0 saturated carbocycles. The number of nitrogens with one attached hydrogen (secondary N) is 1. The lowest BCUT2D eigenvalue weighted by Gasteiger charge is -2.29. The Morgan fingerprint density at radius 2 is 2.22 bits per heavy atom. The molecule has 0 saturated heterocycles. The smallest absolute Gasteiger partial charge is 0.331 e. The number of para-hydroxylation sites is 1. The third kappa shape index (κ3) is 3.50. The van der Waals surface area contributed by atoms with Gasteiger partial charge in [0, 0.05) is 0 Å². The van der Waals surface area contributed by atoms with Crippen LogP contribution in [0.15, 0.2) is 36.9 Å². The third-order valence-electron chi connectivity index (χ3n) is 2.77. The molecule has 3 nitrogen and oxygen atoms in total. The molecule has 0 aliphatic rings. The molecule has 0 aliphatic heterocycles. The fourth-order valence-electron chi connectivity index (χ4n) is 1.69. The number of carbonyl (C=O) groups excluding carboxylic acids is 1. The summed E-state index contributed by atoms with van der Waals surface area (Å²) in [5.41, 5.74) is -0.0929. The number of halogens is 1. The number of carbonyl (C=O) groups is 1. The summed E-state index contributed by atoms with van der Waals surface area (Å²) in [5.74, 6) is -0.315. The van der Waals surface area contributed by atoms with Crippen molar-refractivity contribution in [1.82, 2.24) is 0 Å². The Morgan fingerprint density at radius 1 is 1.56 bits per heavy atom. The molecule has 1 rings (SSSR count). The zero-order valence-electron chi connectivity index (χ0n) is 10.7. The average molecular weight is 268 g/mol. The van der Waals surface area contributed by atoms with Gasteiger partial charge in [0.05, 0.1) is 17.8 Å². The molecule has 0 spiro atoms. The highest BCUT2D eigenvalue weighted by molar-refractivity contribution is 6.33. The van der Waals surface area contributed by atoms with Crippen LogP contribution in [0.5, 0.6) is 0 Å². The topological polar surface area (TPSA) is 38.3 Å². The number of ether oxygens (including phenoxy) is 1. The van der Waals surface area contributed by atoms with E-state index >= 15 is 0 Å². The van der Waals surface area contributed by atoms with E-state index in [2.05, 4.69) is 11.9 Å². The summed E-state index contributed by atoms with van der Waals surface area (Å²) in [6.07, 6.45) is 3.08. The van der Waals surface area contributed by atoms with Crippen LogP contribution in [0.1, 0.15) is 19.8 Å². The molecule has 18 heavy (non-hydrogen) atoms. The maximum Gasteiger partial charge on any atom is 0.331 e. The molecule has 0 bridgehead atoms. The quantitative estimate of drug-likeness (QED) is 0.632. The molecule has 0 aliphatic carbocycles. The molecular formula is C14H18ClNO2. The van der Waals surface area contributed by atoms with Crippen molar-refractivity contribution >= 4 is 23.3 Å². The lowest BCUT2D eigenvalue weighted by Crippen LogP contribution is -2.44. The molecule has 1 N–H and O–H groups in total. The van der Waals surface area contributed by atoms with Crippen LogP contribution in [-0.2, 0) is 9.53 Å². The van der Waals surface area contributed by atoms with Gasteiger partial charge in [0.15, 0.2) is 0 Å². The van der Waals surface area contributed by atoms with Crippen molar-refractivity contribution in [2.45, 2.75) is 25.3 Å². The van der Waals surface area contributed by atoms with Crippen LogP contribution < -0.4 is 5.32 Å². The summed E-state index contributed by atoms with van der Waals surface area (Å²) in [4.78, 5) is 11.9. The molecule has 0 amide bonds. The minimum Gasteiger partial charge on any atom is -0.467 e. The number of hydrogen-bond acceptors (Lipinski definition) is 3. The van der Waals surface area contributed by atoms with E-state index in [1.54, 1.807) is 19.1 Å². The lowest BCUT2D eigenvalue weighted by atomic mass is 9.95. The Balaban J connectivity index is 2.94. The van der Waals surface area contributed by atoms with Crippen LogP contribution in [-0.4, -0.2) is 18.6 Å². The van der Waals surface area contributed by atoms with Crippen LogP contribution in [0.4, 0.5) is 5.69 Å². The van der Waals surface area contributed by atoms with Gasteiger partial charge in [0.1, 0.15) is 5.54 Å². The van der Waals surface area contributed by atoms with E-state index in [1.807, 2.05) is 18.2 Å². The van der Waals surface area contributed by atoms with Gasteiger partial charge in [-0.15, -0.1) is 6.58 Å². The number of rotatable bonds is 6. The minimum absolute atomic E-state index is 0.315. The number of anilines is 1. The average Bonchev–Trinajstić information content (AvgIpc) is 2.38. The molecule has 1 atom stereocenters. The first-order valence-corrected chi connectivity index (χ1v) is 6.13. The van der Waals surface area contributed by atoms with Crippen molar-refractivity contribution in [3.05, 3.63) is 41.9 Å². The zero-order valence-corrected chi connectivity index (χ0v) is 11.5. The van der Waals surface area contributed by atoms with E-state index in [-0.39, 0.29) is 5.97 Å². The van der Waals surface area contributed by atoms with Gasteiger partial charge in [-0.2, -0.15) is 0 Å². The predicted octanol–water partition coefficient (Wildman–Crippen LogP) is 3.65. The fraction of sp³-hybridized carbons (Fsp3) is 0.357. The second kappa shape index (κ2) is 6.45. The highest BCUT2D eigenvalue weighted by Gasteiger charge is 2.33. The van der Waals surface area contributed by atoms with Crippen LogP contribution in [0.25, 0.3) is 0 Å². The predicted molar refractivity (Wildman–Crippen MR) is 74.9 cm³/mol. The van der Waals surface area contributed by atoms with E-state index in [0.717, 1.165) is 5.69 Å². The minimum atomic E-state index is -0.812. The summed E-state index contributed by atoms with van der Waals surface area (Å²) in [7, 11) is 1.38. The highest BCUT2D eigenvalue weighted by Crippen LogP contribution is 2.27. The van der Waals surface area contributed by atoms with Gasteiger partial charge in [-0.1, -0.05) is 29.8 Å². The maximum absolute atomic E-state index is 11.9. The third-order valence-corrected chi connectivity index (χ3v) is 3.10. The van der Waals surface area contributed by atoms with E-state index < -0.39 is 5.54 Å². The Morgan fingerprint density at radius 3 is 2.78 bits per heavy atom. The van der Waals surface area contributed by atoms with Crippen molar-refractivity contribution in [2.75, 3.05) is 12.4 Å². The van der Waals surface area contributed by atoms with Gasteiger partial charge in [-0.25, -0.2) is 4.79 Å². The molecule has 0 radical (unpaired) electrons. The summed E-state index contributed by atoms with van der Waals surface area (Å²) in [5, 5.41) is 3.73. The SMILES string of the molecule is C=CCCC(C)(Nc1ccccc1Cl)C(=O)OC. The Bertz CT molecular complexity index is 434. The monoisotopic (exact) mass is 267 g/mol. The van der Waals surface area contributed by atoms with Crippen LogP contribution >= 0.6 is 11.6 Å². The van der Waals surface area contributed by atoms with Crippen LogP contribution in [0, 0.1) is 0 Å². The van der Waals surface area contributed by atoms with E-state index in [0.29, 0.717) is 17.9 Å². The molecule has 1 aromatic rings. The van der Waals surface area contributed by atoms with Gasteiger partial charge in [-0.05, 0) is 31.9 Å². The van der Waals surface area contributed by atoms with E-state index in [4.69, 9.17) is 16.3 Å². The van der Waals surface area contributed by atoms with Crippen molar-refractivity contribution in [3.8, 4) is 0 Å². The number of methoxy groups -OCH3 is 1. The molecule has 0 heterocycles. The standard InChI is InChI=1S/C14H18ClNO2/c1-4-5-10-14(2,13(17)18-3)16-12-9-7-6-8-11(12)15/h4,6-9,16H,1,5,10H2,2-3H3. The van der Waals surface area contributed by atoms with Gasteiger partial charge in [-0.3, -0.25) is 0 Å². The second-order valence-corrected chi connectivity index (χ2v) is 4.66. The first kappa shape index (κ1) is 14.6. The Kier molecular flexibility index (Phi) is 5.23. The first-order valence-electron chi connectivity index (χ1n) is 5.75. The Labute approximate surface area is 113 Å². The fourth-order valence-corrected chi connectivity index (χ4v) is 1.87. The molecule has 4 heteroatoms. The molecule has 0 aromatic heterocycles. The van der Waals surface area contributed by atoms with Crippen molar-refractivity contribution in [3.63, 3.8) is 0 Å². The molecule has 1 aromatic carbocycles. The van der Waals surface area contributed by atoms with Gasteiger partial charge >= 0.3 is 5.97 Å². The maximum atomic E-state index is 11.9. The number of esters is 1. The molecule has 1 unspecified atom stereocenters. The lowest BCUT2D eigenvalue weighted by molar-refractivity contribution is -0.145. The number of hydrogen-bond donors (Lipinski definition) is 1. The summed E-state index contributed by atoms with van der Waals surface area (Å²) >= 11 is 6.08. The van der Waals surface area contributed by atoms with Gasteiger partial charge < -0.3 is 10.1 Å². The largest absolute Gasteiger partial charge is 0.467 e. The van der Waals surface area contributed by atoms with Crippen molar-refractivity contribution < 1.29 is 9.53 Å². The number of allylic oxidation sites excluding steroid dienone is 1. The van der Waals surface area contributed by atoms with Crippen LogP contribution in [0.2, 0.25) is 5.02 Å². The summed E-state index contributed by atoms with van der Waals surface area (Å²) < 4.78 is 4.85. The Hall–Kier alpha value is -1.48. The molecule has 0 fully saturated rings. The van der Waals surface area contributed by atoms with E-state index in [1.165, 1.54) is 7.11 Å². The molecular weight excluding hydrogens is 250 g/mol. The highest BCUT2D eigenvalue weighted by atomic mass is 35.5. The van der Waals surface area contributed by atoms with E-state index in [9.17, 15) is 4.79 Å². The summed E-state index contributed by atoms with van der Waals surface area (Å²) in [6.45, 7) is 5.46. The van der Waals surface area contributed by atoms with Crippen LogP contribution in [0.3, 0.4) is 0 Å². The summed E-state index contributed by atoms with van der Waals surface area (Å²) in [6, 6.07) is 7.30. The first-order chi connectivity index (χ1) is 8.53. The zero-order chi connectivity index (χ0) is 13.6. The molecule has 98 valence electrons. The second-order valence-electron chi connectivity index (χ2n) is 4.26. The van der Waals surface area contributed by atoms with Crippen molar-refractivity contribution in [1.29, 1.82) is 0 Å². The van der Waals surface area contributed by atoms with Gasteiger partial charge in [0.2, 0.25) is 0 Å². The van der Waals surface area contributed by atoms with Gasteiger partial charge in [0.25, 0.3) is 0 Å².